The zero-order valence-corrected chi connectivity index (χ0v) is 6.66. The van der Waals surface area contributed by atoms with Crippen LogP contribution >= 0.6 is 0 Å². The third-order valence-corrected chi connectivity index (χ3v) is 1.48. The minimum absolute atomic E-state index is 1.00. The maximum absolute atomic E-state index is 3.66. The smallest absolute Gasteiger partial charge is 0.0316 e. The van der Waals surface area contributed by atoms with Gasteiger partial charge in [0.1, 0.15) is 0 Å². The summed E-state index contributed by atoms with van der Waals surface area (Å²) in [6, 6.07) is 4.00. The molecule has 1 rings (SSSR count). The Balaban J connectivity index is 2.09. The van der Waals surface area contributed by atoms with E-state index in [1.54, 1.807) is 0 Å². The van der Waals surface area contributed by atoms with Crippen LogP contribution in [0.3, 0.4) is 0 Å². The van der Waals surface area contributed by atoms with Crippen LogP contribution in [0.1, 0.15) is 12.8 Å². The Morgan fingerprint density at radius 3 is 2.73 bits per heavy atom. The van der Waals surface area contributed by atoms with Crippen LogP contribution in [0, 0.1) is 0 Å². The van der Waals surface area contributed by atoms with Crippen LogP contribution in [0.5, 0.6) is 0 Å². The Labute approximate surface area is 67.5 Å². The van der Waals surface area contributed by atoms with Crippen molar-refractivity contribution in [3.05, 3.63) is 37.2 Å². The second-order valence-corrected chi connectivity index (χ2v) is 2.43. The van der Waals surface area contributed by atoms with Crippen molar-refractivity contribution >= 4 is 0 Å². The lowest BCUT2D eigenvalue weighted by Crippen LogP contribution is -2.13. The van der Waals surface area contributed by atoms with Gasteiger partial charge in [-0.05, 0) is 25.0 Å². The first-order valence-electron chi connectivity index (χ1n) is 3.91. The van der Waals surface area contributed by atoms with Gasteiger partial charge in [0.25, 0.3) is 0 Å². The molecule has 1 heterocycles. The third kappa shape index (κ3) is 2.94. The first kappa shape index (κ1) is 7.92. The van der Waals surface area contributed by atoms with E-state index in [4.69, 9.17) is 0 Å². The van der Waals surface area contributed by atoms with E-state index in [9.17, 15) is 0 Å². The normalized spacial score (nSPS) is 9.45. The summed E-state index contributed by atoms with van der Waals surface area (Å²) in [7, 11) is 0. The summed E-state index contributed by atoms with van der Waals surface area (Å²) in [6.45, 7) is 4.66. The Kier molecular flexibility index (Phi) is 3.32. The molecule has 0 unspecified atom stereocenters. The van der Waals surface area contributed by atoms with Gasteiger partial charge >= 0.3 is 0 Å². The number of aromatic nitrogens is 1. The second-order valence-electron chi connectivity index (χ2n) is 2.43. The lowest BCUT2D eigenvalue weighted by atomic mass is 10.3. The number of hydrogen-bond donors (Lipinski definition) is 1. The average Bonchev–Trinajstić information content (AvgIpc) is 2.50. The lowest BCUT2D eigenvalue weighted by Gasteiger charge is -2.04. The van der Waals surface area contributed by atoms with Gasteiger partial charge in [-0.1, -0.05) is 6.08 Å². The molecule has 0 aliphatic rings. The molecule has 0 spiro atoms. The monoisotopic (exact) mass is 150 g/mol. The number of unbranched alkanes of at least 4 members (excludes halogenated alkanes) is 1. The summed E-state index contributed by atoms with van der Waals surface area (Å²) < 4.78 is 1.96. The van der Waals surface area contributed by atoms with E-state index in [2.05, 4.69) is 12.0 Å². The molecule has 0 aromatic carbocycles. The van der Waals surface area contributed by atoms with E-state index in [1.807, 2.05) is 35.3 Å². The molecule has 2 nitrogen and oxygen atoms in total. The summed E-state index contributed by atoms with van der Waals surface area (Å²) in [5, 5.41) is 0. The first-order valence-corrected chi connectivity index (χ1v) is 3.91. The maximum atomic E-state index is 3.66. The van der Waals surface area contributed by atoms with Crippen molar-refractivity contribution in [3.8, 4) is 0 Å². The minimum Gasteiger partial charge on any atom is -0.326 e. The van der Waals surface area contributed by atoms with Gasteiger partial charge in [0.05, 0.1) is 0 Å². The molecule has 2 heteroatoms. The van der Waals surface area contributed by atoms with Crippen LogP contribution in [-0.4, -0.2) is 11.2 Å². The Bertz CT molecular complexity index is 189. The number of allylic oxidation sites excluding steroid dienone is 1. The van der Waals surface area contributed by atoms with E-state index >= 15 is 0 Å². The molecular weight excluding hydrogens is 136 g/mol. The predicted molar refractivity (Wildman–Crippen MR) is 48.1 cm³/mol. The van der Waals surface area contributed by atoms with Gasteiger partial charge in [-0.25, -0.2) is 0 Å². The Morgan fingerprint density at radius 1 is 1.36 bits per heavy atom. The maximum Gasteiger partial charge on any atom is 0.0316 e. The van der Waals surface area contributed by atoms with Gasteiger partial charge in [-0.3, -0.25) is 4.68 Å². The molecule has 0 aliphatic carbocycles. The largest absolute Gasteiger partial charge is 0.326 e. The van der Waals surface area contributed by atoms with Crippen LogP contribution in [0.2, 0.25) is 0 Å². The van der Waals surface area contributed by atoms with Crippen molar-refractivity contribution in [3.63, 3.8) is 0 Å². The molecule has 0 bridgehead atoms. The molecule has 1 N–H and O–H groups in total. The van der Waals surface area contributed by atoms with E-state index in [0.717, 1.165) is 19.4 Å². The van der Waals surface area contributed by atoms with E-state index < -0.39 is 0 Å². The van der Waals surface area contributed by atoms with Crippen LogP contribution in [0.4, 0.5) is 0 Å². The first-order chi connectivity index (χ1) is 5.43. The summed E-state index contributed by atoms with van der Waals surface area (Å²) in [4.78, 5) is 0. The highest BCUT2D eigenvalue weighted by molar-refractivity contribution is 4.93. The topological polar surface area (TPSA) is 17.0 Å². The fraction of sp³-hybridized carbons (Fsp3) is 0.333. The molecule has 0 saturated carbocycles. The van der Waals surface area contributed by atoms with Gasteiger partial charge < -0.3 is 5.43 Å². The Hall–Kier alpha value is -1.18. The summed E-state index contributed by atoms with van der Waals surface area (Å²) >= 11 is 0. The molecule has 0 fully saturated rings. The van der Waals surface area contributed by atoms with Gasteiger partial charge in [0, 0.05) is 18.9 Å². The van der Waals surface area contributed by atoms with Crippen LogP contribution in [0.25, 0.3) is 0 Å². The molecule has 1 aromatic rings. The highest BCUT2D eigenvalue weighted by Gasteiger charge is 1.84. The van der Waals surface area contributed by atoms with Gasteiger partial charge in [-0.15, -0.1) is 6.58 Å². The molecule has 60 valence electrons. The molecule has 1 aromatic heterocycles. The molecule has 0 amide bonds. The van der Waals surface area contributed by atoms with Crippen LogP contribution < -0.4 is 5.43 Å². The van der Waals surface area contributed by atoms with Gasteiger partial charge in [0.2, 0.25) is 0 Å². The van der Waals surface area contributed by atoms with Gasteiger partial charge in [-0.2, -0.15) is 0 Å². The third-order valence-electron chi connectivity index (χ3n) is 1.48. The summed E-state index contributed by atoms with van der Waals surface area (Å²) in [5.41, 5.74) is 3.23. The zero-order valence-electron chi connectivity index (χ0n) is 6.66. The van der Waals surface area contributed by atoms with Crippen molar-refractivity contribution in [2.24, 2.45) is 0 Å². The van der Waals surface area contributed by atoms with Crippen LogP contribution in [-0.2, 0) is 0 Å². The highest BCUT2D eigenvalue weighted by atomic mass is 15.4. The summed E-state index contributed by atoms with van der Waals surface area (Å²) in [5.74, 6) is 0. The molecule has 11 heavy (non-hydrogen) atoms. The minimum atomic E-state index is 1.00. The van der Waals surface area contributed by atoms with Crippen molar-refractivity contribution < 1.29 is 0 Å². The second kappa shape index (κ2) is 4.61. The molecule has 0 aliphatic heterocycles. The van der Waals surface area contributed by atoms with E-state index in [-0.39, 0.29) is 0 Å². The standard InChI is InChI=1S/C9H14N2/c1-2-3-4-7-10-11-8-5-6-9-11/h2,5-6,8-10H,1,3-4,7H2. The van der Waals surface area contributed by atoms with Crippen molar-refractivity contribution in [1.29, 1.82) is 0 Å². The average molecular weight is 150 g/mol. The summed E-state index contributed by atoms with van der Waals surface area (Å²) in [6.07, 6.45) is 8.15. The fourth-order valence-electron chi connectivity index (χ4n) is 0.894. The molecular formula is C9H14N2. The molecule has 0 saturated heterocycles. The van der Waals surface area contributed by atoms with Crippen LogP contribution in [0.15, 0.2) is 37.2 Å². The fourth-order valence-corrected chi connectivity index (χ4v) is 0.894. The number of nitrogens with zero attached hydrogens (tertiary/aromatic N) is 1. The molecule has 0 radical (unpaired) electrons. The SMILES string of the molecule is C=CCCCNn1cccc1. The highest BCUT2D eigenvalue weighted by Crippen LogP contribution is 1.89. The quantitative estimate of drug-likeness (QED) is 0.502. The lowest BCUT2D eigenvalue weighted by molar-refractivity contribution is 0.781. The Morgan fingerprint density at radius 2 is 2.09 bits per heavy atom. The van der Waals surface area contributed by atoms with Crippen molar-refractivity contribution in [2.45, 2.75) is 12.8 Å². The van der Waals surface area contributed by atoms with E-state index in [0.29, 0.717) is 0 Å². The zero-order chi connectivity index (χ0) is 7.94. The van der Waals surface area contributed by atoms with Gasteiger partial charge in [0.15, 0.2) is 0 Å². The number of hydrogen-bond acceptors (Lipinski definition) is 1. The van der Waals surface area contributed by atoms with E-state index in [1.165, 1.54) is 0 Å². The predicted octanol–water partition coefficient (Wildman–Crippen LogP) is 2.00. The van der Waals surface area contributed by atoms with Crippen molar-refractivity contribution in [2.75, 3.05) is 12.0 Å². The molecule has 0 atom stereocenters. The number of rotatable bonds is 5. The number of nitrogens with one attached hydrogen (secondary N) is 1. The van der Waals surface area contributed by atoms with Crippen molar-refractivity contribution in [1.82, 2.24) is 4.68 Å².